The highest BCUT2D eigenvalue weighted by molar-refractivity contribution is 5.20. The molecule has 2 rings (SSSR count). The third kappa shape index (κ3) is 3.34. The van der Waals surface area contributed by atoms with Crippen molar-refractivity contribution in [1.82, 2.24) is 10.2 Å². The molecule has 1 aliphatic rings. The van der Waals surface area contributed by atoms with E-state index in [1.165, 1.54) is 5.56 Å². The van der Waals surface area contributed by atoms with Crippen LogP contribution in [0, 0.1) is 6.92 Å². The molecule has 0 aromatic carbocycles. The average molecular weight is 252 g/mol. The second-order valence-corrected chi connectivity index (χ2v) is 5.28. The van der Waals surface area contributed by atoms with Crippen LogP contribution < -0.4 is 5.32 Å². The first-order chi connectivity index (χ1) is 8.58. The van der Waals surface area contributed by atoms with Gasteiger partial charge in [0.05, 0.1) is 18.8 Å². The first-order valence-electron chi connectivity index (χ1n) is 6.69. The number of rotatable bonds is 4. The molecule has 1 aliphatic heterocycles. The lowest BCUT2D eigenvalue weighted by molar-refractivity contribution is -0.0705. The molecule has 1 fully saturated rings. The number of ether oxygens (including phenoxy) is 1. The van der Waals surface area contributed by atoms with Gasteiger partial charge in [-0.3, -0.25) is 4.90 Å². The molecule has 0 bridgehead atoms. The molecule has 0 unspecified atom stereocenters. The fraction of sp³-hybridized carbons (Fsp3) is 0.714. The topological polar surface area (TPSA) is 37.6 Å². The number of nitrogens with zero attached hydrogens (tertiary/aromatic N) is 1. The molecule has 1 aromatic heterocycles. The van der Waals surface area contributed by atoms with Gasteiger partial charge in [-0.2, -0.15) is 0 Å². The van der Waals surface area contributed by atoms with Gasteiger partial charge in [-0.25, -0.2) is 0 Å². The van der Waals surface area contributed by atoms with Crippen LogP contribution in [0.3, 0.4) is 0 Å². The van der Waals surface area contributed by atoms with E-state index in [4.69, 9.17) is 9.15 Å². The highest BCUT2D eigenvalue weighted by Crippen LogP contribution is 2.19. The Labute approximate surface area is 109 Å². The molecule has 0 spiro atoms. The standard InChI is InChI=1S/C14H24N2O2/c1-10-7-16(8-11(2)17-10)9-13-5-14(6-15-4)18-12(13)3/h5,10-11,15H,6-9H2,1-4H3/t10-,11+. The van der Waals surface area contributed by atoms with Gasteiger partial charge in [-0.05, 0) is 33.9 Å². The van der Waals surface area contributed by atoms with Crippen LogP contribution in [0.15, 0.2) is 10.5 Å². The molecule has 1 aromatic rings. The van der Waals surface area contributed by atoms with Crippen molar-refractivity contribution in [3.63, 3.8) is 0 Å². The zero-order valence-corrected chi connectivity index (χ0v) is 11.8. The summed E-state index contributed by atoms with van der Waals surface area (Å²) in [5.74, 6) is 2.05. The van der Waals surface area contributed by atoms with Gasteiger partial charge in [0.25, 0.3) is 0 Å². The van der Waals surface area contributed by atoms with Crippen molar-refractivity contribution in [1.29, 1.82) is 0 Å². The Bertz CT molecular complexity index is 379. The van der Waals surface area contributed by atoms with Crippen LogP contribution in [0.2, 0.25) is 0 Å². The normalized spacial score (nSPS) is 25.6. The van der Waals surface area contributed by atoms with E-state index in [1.54, 1.807) is 0 Å². The molecule has 4 heteroatoms. The van der Waals surface area contributed by atoms with E-state index in [1.807, 2.05) is 14.0 Å². The molecule has 0 radical (unpaired) electrons. The van der Waals surface area contributed by atoms with E-state index < -0.39 is 0 Å². The lowest BCUT2D eigenvalue weighted by atomic mass is 10.2. The van der Waals surface area contributed by atoms with Crippen molar-refractivity contribution < 1.29 is 9.15 Å². The maximum absolute atomic E-state index is 5.75. The summed E-state index contributed by atoms with van der Waals surface area (Å²) in [5.41, 5.74) is 1.29. The average Bonchev–Trinajstić information content (AvgIpc) is 2.58. The summed E-state index contributed by atoms with van der Waals surface area (Å²) in [5, 5.41) is 3.11. The summed E-state index contributed by atoms with van der Waals surface area (Å²) in [6.45, 7) is 10.1. The van der Waals surface area contributed by atoms with Gasteiger partial charge in [-0.1, -0.05) is 0 Å². The maximum atomic E-state index is 5.75. The van der Waals surface area contributed by atoms with E-state index in [2.05, 4.69) is 30.1 Å². The predicted octanol–water partition coefficient (Wildman–Crippen LogP) is 1.92. The Kier molecular flexibility index (Phi) is 4.43. The molecule has 0 aliphatic carbocycles. The fourth-order valence-corrected chi connectivity index (χ4v) is 2.66. The van der Waals surface area contributed by atoms with Crippen LogP contribution in [0.5, 0.6) is 0 Å². The Hall–Kier alpha value is -0.840. The quantitative estimate of drug-likeness (QED) is 0.888. The Morgan fingerprint density at radius 1 is 1.33 bits per heavy atom. The number of furan rings is 1. The van der Waals surface area contributed by atoms with Gasteiger partial charge >= 0.3 is 0 Å². The minimum atomic E-state index is 0.317. The molecular weight excluding hydrogens is 228 g/mol. The van der Waals surface area contributed by atoms with Crippen molar-refractivity contribution >= 4 is 0 Å². The molecule has 2 atom stereocenters. The third-order valence-corrected chi connectivity index (χ3v) is 3.31. The number of hydrogen-bond donors (Lipinski definition) is 1. The SMILES string of the molecule is CNCc1cc(CN2C[C@@H](C)O[C@@H](C)C2)c(C)o1. The first kappa shape index (κ1) is 13.6. The predicted molar refractivity (Wildman–Crippen MR) is 71.5 cm³/mol. The smallest absolute Gasteiger partial charge is 0.118 e. The van der Waals surface area contributed by atoms with Crippen LogP contribution >= 0.6 is 0 Å². The highest BCUT2D eigenvalue weighted by atomic mass is 16.5. The molecule has 4 nitrogen and oxygen atoms in total. The summed E-state index contributed by atoms with van der Waals surface area (Å²) >= 11 is 0. The lowest BCUT2D eigenvalue weighted by Crippen LogP contribution is -2.44. The van der Waals surface area contributed by atoms with E-state index in [0.29, 0.717) is 12.2 Å². The van der Waals surface area contributed by atoms with E-state index in [0.717, 1.165) is 37.7 Å². The minimum Gasteiger partial charge on any atom is -0.465 e. The summed E-state index contributed by atoms with van der Waals surface area (Å²) in [4.78, 5) is 2.44. The van der Waals surface area contributed by atoms with Gasteiger partial charge in [0, 0.05) is 25.2 Å². The molecule has 0 amide bonds. The van der Waals surface area contributed by atoms with Crippen molar-refractivity contribution in [3.05, 3.63) is 23.2 Å². The summed E-state index contributed by atoms with van der Waals surface area (Å²) in [7, 11) is 1.93. The van der Waals surface area contributed by atoms with Crippen LogP contribution in [-0.2, 0) is 17.8 Å². The van der Waals surface area contributed by atoms with Crippen LogP contribution in [0.4, 0.5) is 0 Å². The highest BCUT2D eigenvalue weighted by Gasteiger charge is 2.23. The van der Waals surface area contributed by atoms with Crippen molar-refractivity contribution in [2.75, 3.05) is 20.1 Å². The van der Waals surface area contributed by atoms with E-state index in [9.17, 15) is 0 Å². The molecule has 18 heavy (non-hydrogen) atoms. The fourth-order valence-electron chi connectivity index (χ4n) is 2.66. The van der Waals surface area contributed by atoms with Gasteiger partial charge in [0.2, 0.25) is 0 Å². The second-order valence-electron chi connectivity index (χ2n) is 5.28. The minimum absolute atomic E-state index is 0.317. The number of nitrogens with one attached hydrogen (secondary N) is 1. The number of aryl methyl sites for hydroxylation is 1. The molecular formula is C14H24N2O2. The molecule has 0 saturated carbocycles. The van der Waals surface area contributed by atoms with E-state index >= 15 is 0 Å². The summed E-state index contributed by atoms with van der Waals surface area (Å²) in [6.07, 6.45) is 0.635. The van der Waals surface area contributed by atoms with Gasteiger partial charge in [-0.15, -0.1) is 0 Å². The maximum Gasteiger partial charge on any atom is 0.118 e. The van der Waals surface area contributed by atoms with Gasteiger partial charge in [0.1, 0.15) is 11.5 Å². The Balaban J connectivity index is 1.99. The van der Waals surface area contributed by atoms with Crippen molar-refractivity contribution in [2.24, 2.45) is 0 Å². The summed E-state index contributed by atoms with van der Waals surface area (Å²) < 4.78 is 11.5. The van der Waals surface area contributed by atoms with Crippen molar-refractivity contribution in [2.45, 2.75) is 46.1 Å². The molecule has 1 saturated heterocycles. The number of morpholine rings is 1. The largest absolute Gasteiger partial charge is 0.465 e. The monoisotopic (exact) mass is 252 g/mol. The summed E-state index contributed by atoms with van der Waals surface area (Å²) in [6, 6.07) is 2.16. The van der Waals surface area contributed by atoms with Crippen LogP contribution in [-0.4, -0.2) is 37.2 Å². The lowest BCUT2D eigenvalue weighted by Gasteiger charge is -2.35. The van der Waals surface area contributed by atoms with Crippen LogP contribution in [0.25, 0.3) is 0 Å². The zero-order chi connectivity index (χ0) is 13.1. The van der Waals surface area contributed by atoms with Crippen LogP contribution in [0.1, 0.15) is 30.9 Å². The van der Waals surface area contributed by atoms with Gasteiger partial charge < -0.3 is 14.5 Å². The van der Waals surface area contributed by atoms with Gasteiger partial charge in [0.15, 0.2) is 0 Å². The molecule has 1 N–H and O–H groups in total. The van der Waals surface area contributed by atoms with Crippen molar-refractivity contribution in [3.8, 4) is 0 Å². The molecule has 2 heterocycles. The second kappa shape index (κ2) is 5.87. The first-order valence-corrected chi connectivity index (χ1v) is 6.69. The Morgan fingerprint density at radius 3 is 2.61 bits per heavy atom. The third-order valence-electron chi connectivity index (χ3n) is 3.31. The zero-order valence-electron chi connectivity index (χ0n) is 11.8. The Morgan fingerprint density at radius 2 is 2.00 bits per heavy atom. The molecule has 102 valence electrons. The number of hydrogen-bond acceptors (Lipinski definition) is 4. The van der Waals surface area contributed by atoms with E-state index in [-0.39, 0.29) is 0 Å².